The lowest BCUT2D eigenvalue weighted by molar-refractivity contribution is 0.0990. The smallest absolute Gasteiger partial charge is 0.183 e. The zero-order valence-electron chi connectivity index (χ0n) is 17.5. The van der Waals surface area contributed by atoms with Crippen LogP contribution in [0, 0.1) is 0 Å². The summed E-state index contributed by atoms with van der Waals surface area (Å²) in [6.45, 7) is 0.657. The molecule has 0 amide bonds. The number of allylic oxidation sites excluding steroid dienone is 1. The molecule has 0 bridgehead atoms. The first-order chi connectivity index (χ1) is 16.2. The van der Waals surface area contributed by atoms with Crippen LogP contribution in [-0.2, 0) is 0 Å². The Labute approximate surface area is 188 Å². The standard InChI is InChI=1S/C25H19N7O/c33-23(9-15-5-7-26-13-15)22-11-16-1-2-17(12-21(16)30-22)25-27-8-6-24(31-25)29-19-3-4-20-18(10-19)14-28-32-20/h1-6,8,10-14,30H,7,9H2,(H,28,32)(H,27,29,31). The molecule has 0 saturated carbocycles. The molecule has 3 aromatic heterocycles. The number of nitrogens with zero attached hydrogens (tertiary/aromatic N) is 4. The van der Waals surface area contributed by atoms with Crippen molar-refractivity contribution in [2.24, 2.45) is 4.99 Å². The number of carbonyl (C=O) groups is 1. The van der Waals surface area contributed by atoms with Crippen molar-refractivity contribution in [1.29, 1.82) is 0 Å². The summed E-state index contributed by atoms with van der Waals surface area (Å²) >= 11 is 0. The van der Waals surface area contributed by atoms with Gasteiger partial charge in [0.25, 0.3) is 0 Å². The summed E-state index contributed by atoms with van der Waals surface area (Å²) < 4.78 is 0. The normalized spacial score (nSPS) is 13.0. The third kappa shape index (κ3) is 3.78. The first-order valence-electron chi connectivity index (χ1n) is 10.6. The number of rotatable bonds is 6. The van der Waals surface area contributed by atoms with E-state index in [1.54, 1.807) is 18.6 Å². The van der Waals surface area contributed by atoms with Gasteiger partial charge in [0.15, 0.2) is 11.6 Å². The lowest BCUT2D eigenvalue weighted by Crippen LogP contribution is -2.01. The molecule has 1 aliphatic heterocycles. The number of ketones is 1. The van der Waals surface area contributed by atoms with Crippen LogP contribution < -0.4 is 5.32 Å². The molecule has 4 heterocycles. The van der Waals surface area contributed by atoms with Gasteiger partial charge in [-0.3, -0.25) is 14.9 Å². The molecule has 0 saturated heterocycles. The van der Waals surface area contributed by atoms with Crippen molar-refractivity contribution in [3.05, 3.63) is 78.3 Å². The van der Waals surface area contributed by atoms with E-state index < -0.39 is 0 Å². The van der Waals surface area contributed by atoms with Gasteiger partial charge in [-0.1, -0.05) is 18.2 Å². The lowest BCUT2D eigenvalue weighted by Gasteiger charge is -2.07. The van der Waals surface area contributed by atoms with Crippen molar-refractivity contribution < 1.29 is 4.79 Å². The molecule has 3 N–H and O–H groups in total. The summed E-state index contributed by atoms with van der Waals surface area (Å²) in [5.74, 6) is 1.34. The maximum atomic E-state index is 12.6. The molecule has 0 radical (unpaired) electrons. The minimum atomic E-state index is 0.0457. The van der Waals surface area contributed by atoms with E-state index in [2.05, 4.69) is 35.5 Å². The fourth-order valence-corrected chi connectivity index (χ4v) is 3.94. The van der Waals surface area contributed by atoms with Crippen molar-refractivity contribution in [2.45, 2.75) is 6.42 Å². The Bertz CT molecular complexity index is 1570. The molecule has 6 rings (SSSR count). The van der Waals surface area contributed by atoms with E-state index in [-0.39, 0.29) is 5.78 Å². The number of fused-ring (bicyclic) bond motifs is 2. The highest BCUT2D eigenvalue weighted by molar-refractivity contribution is 6.03. The number of hydrogen-bond donors (Lipinski definition) is 3. The number of benzene rings is 2. The van der Waals surface area contributed by atoms with Gasteiger partial charge in [0.1, 0.15) is 5.82 Å². The molecule has 8 heteroatoms. The fraction of sp³-hybridized carbons (Fsp3) is 0.0800. The second-order valence-electron chi connectivity index (χ2n) is 7.92. The van der Waals surface area contributed by atoms with Gasteiger partial charge in [-0.15, -0.1) is 0 Å². The molecule has 0 fully saturated rings. The van der Waals surface area contributed by atoms with Crippen LogP contribution in [0.3, 0.4) is 0 Å². The van der Waals surface area contributed by atoms with E-state index in [1.165, 1.54) is 0 Å². The van der Waals surface area contributed by atoms with Crippen LogP contribution in [0.15, 0.2) is 77.6 Å². The molecule has 0 spiro atoms. The van der Waals surface area contributed by atoms with Gasteiger partial charge in [-0.25, -0.2) is 9.97 Å². The first-order valence-corrected chi connectivity index (χ1v) is 10.6. The molecule has 0 atom stereocenters. The summed E-state index contributed by atoms with van der Waals surface area (Å²) in [4.78, 5) is 29.1. The SMILES string of the molecule is O=C(CC1=CCN=C1)c1cc2ccc(-c3nccc(Nc4ccc5[nH]ncc5c4)n3)cc2[nH]1. The molecule has 160 valence electrons. The van der Waals surface area contributed by atoms with Crippen LogP contribution in [0.25, 0.3) is 33.2 Å². The van der Waals surface area contributed by atoms with E-state index >= 15 is 0 Å². The van der Waals surface area contributed by atoms with E-state index in [9.17, 15) is 4.79 Å². The third-order valence-corrected chi connectivity index (χ3v) is 5.63. The summed E-state index contributed by atoms with van der Waals surface area (Å²) in [6, 6.07) is 15.6. The zero-order chi connectivity index (χ0) is 22.2. The Morgan fingerprint density at radius 1 is 1.03 bits per heavy atom. The molecule has 5 aromatic rings. The van der Waals surface area contributed by atoms with Gasteiger partial charge >= 0.3 is 0 Å². The predicted molar refractivity (Wildman–Crippen MR) is 129 cm³/mol. The highest BCUT2D eigenvalue weighted by Gasteiger charge is 2.13. The van der Waals surface area contributed by atoms with Crippen molar-refractivity contribution in [2.75, 3.05) is 11.9 Å². The number of anilines is 2. The number of nitrogens with one attached hydrogen (secondary N) is 3. The highest BCUT2D eigenvalue weighted by Crippen LogP contribution is 2.25. The predicted octanol–water partition coefficient (Wildman–Crippen LogP) is 4.83. The second-order valence-corrected chi connectivity index (χ2v) is 7.92. The average Bonchev–Trinajstić information content (AvgIpc) is 3.59. The van der Waals surface area contributed by atoms with E-state index in [4.69, 9.17) is 0 Å². The summed E-state index contributed by atoms with van der Waals surface area (Å²) in [5.41, 5.74) is 5.19. The monoisotopic (exact) mass is 433 g/mol. The number of Topliss-reactive ketones (excluding diaryl/α,β-unsaturated/α-hetero) is 1. The molecule has 1 aliphatic rings. The van der Waals surface area contributed by atoms with Crippen LogP contribution in [0.2, 0.25) is 0 Å². The number of aromatic nitrogens is 5. The third-order valence-electron chi connectivity index (χ3n) is 5.63. The molecule has 2 aromatic carbocycles. The highest BCUT2D eigenvalue weighted by atomic mass is 16.1. The molecular weight excluding hydrogens is 414 g/mol. The van der Waals surface area contributed by atoms with E-state index in [1.807, 2.05) is 54.6 Å². The van der Waals surface area contributed by atoms with Crippen LogP contribution in [0.1, 0.15) is 16.9 Å². The Morgan fingerprint density at radius 2 is 2.00 bits per heavy atom. The molecular formula is C25H19N7O. The number of aliphatic imine (C=N–C) groups is 1. The molecule has 8 nitrogen and oxygen atoms in total. The van der Waals surface area contributed by atoms with Crippen LogP contribution in [-0.4, -0.2) is 43.7 Å². The Hall–Kier alpha value is -4.59. The number of carbonyl (C=O) groups excluding carboxylic acids is 1. The van der Waals surface area contributed by atoms with Crippen LogP contribution in [0.5, 0.6) is 0 Å². The quantitative estimate of drug-likeness (QED) is 0.332. The molecule has 0 aliphatic carbocycles. The Balaban J connectivity index is 1.26. The first kappa shape index (κ1) is 19.1. The topological polar surface area (TPSA) is 112 Å². The zero-order valence-corrected chi connectivity index (χ0v) is 17.5. The number of H-pyrrole nitrogens is 2. The summed E-state index contributed by atoms with van der Waals surface area (Å²) in [7, 11) is 0. The van der Waals surface area contributed by atoms with Crippen molar-refractivity contribution in [3.63, 3.8) is 0 Å². The molecule has 0 unspecified atom stereocenters. The van der Waals surface area contributed by atoms with Gasteiger partial charge in [-0.05, 0) is 42.0 Å². The van der Waals surface area contributed by atoms with Crippen LogP contribution >= 0.6 is 0 Å². The largest absolute Gasteiger partial charge is 0.352 e. The summed E-state index contributed by atoms with van der Waals surface area (Å²) in [5, 5.41) is 12.3. The minimum absolute atomic E-state index is 0.0457. The average molecular weight is 433 g/mol. The van der Waals surface area contributed by atoms with Gasteiger partial charge < -0.3 is 10.3 Å². The number of hydrogen-bond acceptors (Lipinski definition) is 6. The van der Waals surface area contributed by atoms with Crippen molar-refractivity contribution in [3.8, 4) is 11.4 Å². The maximum absolute atomic E-state index is 12.6. The van der Waals surface area contributed by atoms with Gasteiger partial charge in [0.2, 0.25) is 0 Å². The maximum Gasteiger partial charge on any atom is 0.183 e. The summed E-state index contributed by atoms with van der Waals surface area (Å²) in [6.07, 6.45) is 7.61. The Morgan fingerprint density at radius 3 is 2.91 bits per heavy atom. The van der Waals surface area contributed by atoms with E-state index in [0.29, 0.717) is 30.3 Å². The second kappa shape index (κ2) is 7.83. The number of aromatic amines is 2. The van der Waals surface area contributed by atoms with Gasteiger partial charge in [0, 0.05) is 46.4 Å². The molecule has 33 heavy (non-hydrogen) atoms. The lowest BCUT2D eigenvalue weighted by atomic mass is 10.1. The van der Waals surface area contributed by atoms with Gasteiger partial charge in [-0.2, -0.15) is 5.10 Å². The fourth-order valence-electron chi connectivity index (χ4n) is 3.94. The van der Waals surface area contributed by atoms with Crippen LogP contribution in [0.4, 0.5) is 11.5 Å². The van der Waals surface area contributed by atoms with Crippen molar-refractivity contribution >= 4 is 45.3 Å². The minimum Gasteiger partial charge on any atom is -0.352 e. The van der Waals surface area contributed by atoms with Gasteiger partial charge in [0.05, 0.1) is 24.0 Å². The Kier molecular flexibility index (Phi) is 4.54. The van der Waals surface area contributed by atoms with E-state index in [0.717, 1.165) is 38.6 Å². The van der Waals surface area contributed by atoms with Crippen molar-refractivity contribution in [1.82, 2.24) is 25.1 Å².